The van der Waals surface area contributed by atoms with E-state index in [1.165, 1.54) is 43.8 Å². The monoisotopic (exact) mass is 257 g/mol. The van der Waals surface area contributed by atoms with Crippen LogP contribution in [0.15, 0.2) is 48.8 Å². The second kappa shape index (κ2) is 5.77. The Hall–Kier alpha value is -2.69. The third-order valence-electron chi connectivity index (χ3n) is 2.41. The molecule has 2 rings (SSSR count). The Morgan fingerprint density at radius 3 is 2.37 bits per heavy atom. The predicted molar refractivity (Wildman–Crippen MR) is 67.0 cm³/mol. The molecule has 1 heterocycles. The number of aromatic nitrogens is 1. The van der Waals surface area contributed by atoms with Gasteiger partial charge in [0, 0.05) is 12.4 Å². The number of pyridine rings is 1. The summed E-state index contributed by atoms with van der Waals surface area (Å²) in [5.41, 5.74) is 0.557. The van der Waals surface area contributed by atoms with Crippen molar-refractivity contribution in [1.29, 1.82) is 0 Å². The zero-order valence-corrected chi connectivity index (χ0v) is 10.2. The fourth-order valence-corrected chi connectivity index (χ4v) is 1.48. The Morgan fingerprint density at radius 1 is 1.00 bits per heavy atom. The minimum Gasteiger partial charge on any atom is -0.465 e. The Kier molecular flexibility index (Phi) is 3.87. The molecule has 0 N–H and O–H groups in total. The highest BCUT2D eigenvalue weighted by Crippen LogP contribution is 2.20. The number of hydrogen-bond acceptors (Lipinski definition) is 5. The molecule has 19 heavy (non-hydrogen) atoms. The number of carbonyl (C=O) groups excluding carboxylic acids is 2. The van der Waals surface area contributed by atoms with Crippen LogP contribution in [0.3, 0.4) is 0 Å². The first kappa shape index (κ1) is 12.8. The van der Waals surface area contributed by atoms with E-state index < -0.39 is 11.9 Å². The van der Waals surface area contributed by atoms with E-state index in [1.54, 1.807) is 12.1 Å². The van der Waals surface area contributed by atoms with Gasteiger partial charge in [-0.3, -0.25) is 4.98 Å². The first-order valence-electron chi connectivity index (χ1n) is 5.52. The largest absolute Gasteiger partial charge is 0.465 e. The topological polar surface area (TPSA) is 65.5 Å². The molecule has 96 valence electrons. The van der Waals surface area contributed by atoms with E-state index in [1.807, 2.05) is 0 Å². The third kappa shape index (κ3) is 2.95. The van der Waals surface area contributed by atoms with Crippen molar-refractivity contribution in [3.63, 3.8) is 0 Å². The highest BCUT2D eigenvalue weighted by Gasteiger charge is 2.16. The lowest BCUT2D eigenvalue weighted by molar-refractivity contribution is 0.0593. The van der Waals surface area contributed by atoms with Gasteiger partial charge in [-0.2, -0.15) is 0 Å². The van der Waals surface area contributed by atoms with Crippen molar-refractivity contribution in [3.05, 3.63) is 59.9 Å². The molecule has 0 atom stereocenters. The second-order valence-electron chi connectivity index (χ2n) is 3.61. The van der Waals surface area contributed by atoms with Crippen molar-refractivity contribution < 1.29 is 19.1 Å². The van der Waals surface area contributed by atoms with Crippen molar-refractivity contribution >= 4 is 11.9 Å². The van der Waals surface area contributed by atoms with E-state index in [9.17, 15) is 9.59 Å². The van der Waals surface area contributed by atoms with E-state index in [0.29, 0.717) is 5.56 Å². The first-order valence-corrected chi connectivity index (χ1v) is 5.52. The van der Waals surface area contributed by atoms with Gasteiger partial charge >= 0.3 is 11.9 Å². The molecule has 5 heteroatoms. The Morgan fingerprint density at radius 2 is 1.68 bits per heavy atom. The molecule has 0 saturated heterocycles. The van der Waals surface area contributed by atoms with Gasteiger partial charge in [0.05, 0.1) is 12.7 Å². The number of carbonyl (C=O) groups is 2. The predicted octanol–water partition coefficient (Wildman–Crippen LogP) is 2.09. The van der Waals surface area contributed by atoms with E-state index in [0.717, 1.165) is 0 Å². The van der Waals surface area contributed by atoms with Crippen LogP contribution in [0.4, 0.5) is 0 Å². The van der Waals surface area contributed by atoms with Crippen LogP contribution in [0.1, 0.15) is 20.7 Å². The second-order valence-corrected chi connectivity index (χ2v) is 3.61. The number of rotatable bonds is 3. The summed E-state index contributed by atoms with van der Waals surface area (Å²) in [5.74, 6) is -0.951. The summed E-state index contributed by atoms with van der Waals surface area (Å²) in [6.45, 7) is 0. The molecule has 1 aromatic heterocycles. The molecule has 0 unspecified atom stereocenters. The van der Waals surface area contributed by atoms with E-state index >= 15 is 0 Å². The lowest BCUT2D eigenvalue weighted by Gasteiger charge is -2.08. The van der Waals surface area contributed by atoms with E-state index in [2.05, 4.69) is 9.72 Å². The molecule has 0 bridgehead atoms. The summed E-state index contributed by atoms with van der Waals surface area (Å²) in [7, 11) is 1.27. The Labute approximate surface area is 109 Å². The van der Waals surface area contributed by atoms with Crippen LogP contribution in [0.5, 0.6) is 5.75 Å². The van der Waals surface area contributed by atoms with Gasteiger partial charge in [0.1, 0.15) is 11.3 Å². The molecular formula is C14H11NO4. The van der Waals surface area contributed by atoms with Crippen molar-refractivity contribution in [1.82, 2.24) is 4.98 Å². The SMILES string of the molecule is COC(=O)c1ccccc1OC(=O)c1ccncc1. The van der Waals surface area contributed by atoms with Crippen LogP contribution >= 0.6 is 0 Å². The first-order chi connectivity index (χ1) is 9.22. The van der Waals surface area contributed by atoms with Crippen molar-refractivity contribution in [2.75, 3.05) is 7.11 Å². The Balaban J connectivity index is 2.25. The summed E-state index contributed by atoms with van der Waals surface area (Å²) in [5, 5.41) is 0. The highest BCUT2D eigenvalue weighted by molar-refractivity contribution is 5.96. The number of esters is 2. The van der Waals surface area contributed by atoms with E-state index in [4.69, 9.17) is 4.74 Å². The van der Waals surface area contributed by atoms with Crippen LogP contribution in [0, 0.1) is 0 Å². The molecular weight excluding hydrogens is 246 g/mol. The van der Waals surface area contributed by atoms with Gasteiger partial charge in [0.2, 0.25) is 0 Å². The molecule has 2 aromatic rings. The zero-order valence-electron chi connectivity index (χ0n) is 10.2. The minimum atomic E-state index is -0.557. The molecule has 5 nitrogen and oxygen atoms in total. The minimum absolute atomic E-state index is 0.163. The molecule has 0 amide bonds. The number of benzene rings is 1. The average Bonchev–Trinajstić information content (AvgIpc) is 2.48. The van der Waals surface area contributed by atoms with Gasteiger partial charge < -0.3 is 9.47 Å². The standard InChI is InChI=1S/C14H11NO4/c1-18-14(17)11-4-2-3-5-12(11)19-13(16)10-6-8-15-9-7-10/h2-9H,1H3. The molecule has 0 saturated carbocycles. The maximum atomic E-state index is 11.9. The van der Waals surface area contributed by atoms with Crippen LogP contribution < -0.4 is 4.74 Å². The van der Waals surface area contributed by atoms with Crippen molar-refractivity contribution in [2.45, 2.75) is 0 Å². The Bertz CT molecular complexity index is 595. The van der Waals surface area contributed by atoms with E-state index in [-0.39, 0.29) is 11.3 Å². The molecule has 0 aliphatic rings. The summed E-state index contributed by atoms with van der Waals surface area (Å²) >= 11 is 0. The molecule has 0 spiro atoms. The summed E-state index contributed by atoms with van der Waals surface area (Å²) in [6, 6.07) is 9.45. The van der Waals surface area contributed by atoms with Gasteiger partial charge in [-0.05, 0) is 24.3 Å². The zero-order chi connectivity index (χ0) is 13.7. The van der Waals surface area contributed by atoms with Crippen LogP contribution in [0.25, 0.3) is 0 Å². The molecule has 0 radical (unpaired) electrons. The summed E-state index contributed by atoms with van der Waals surface area (Å²) < 4.78 is 9.81. The number of para-hydroxylation sites is 1. The van der Waals surface area contributed by atoms with Gasteiger partial charge in [-0.25, -0.2) is 9.59 Å². The molecule has 0 aliphatic heterocycles. The number of ether oxygens (including phenoxy) is 2. The summed E-state index contributed by atoms with van der Waals surface area (Å²) in [4.78, 5) is 27.2. The third-order valence-corrected chi connectivity index (χ3v) is 2.41. The fourth-order valence-electron chi connectivity index (χ4n) is 1.48. The number of nitrogens with zero attached hydrogens (tertiary/aromatic N) is 1. The molecule has 0 aliphatic carbocycles. The van der Waals surface area contributed by atoms with Crippen LogP contribution in [0.2, 0.25) is 0 Å². The fraction of sp³-hybridized carbons (Fsp3) is 0.0714. The maximum absolute atomic E-state index is 11.9. The quantitative estimate of drug-likeness (QED) is 0.622. The summed E-state index contributed by atoms with van der Waals surface area (Å²) in [6.07, 6.45) is 2.98. The van der Waals surface area contributed by atoms with Crippen molar-refractivity contribution in [3.8, 4) is 5.75 Å². The normalized spacial score (nSPS) is 9.74. The highest BCUT2D eigenvalue weighted by atomic mass is 16.5. The number of methoxy groups -OCH3 is 1. The van der Waals surface area contributed by atoms with Crippen LogP contribution in [-0.4, -0.2) is 24.0 Å². The van der Waals surface area contributed by atoms with Gasteiger partial charge in [0.25, 0.3) is 0 Å². The number of hydrogen-bond donors (Lipinski definition) is 0. The smallest absolute Gasteiger partial charge is 0.343 e. The van der Waals surface area contributed by atoms with Gasteiger partial charge in [0.15, 0.2) is 0 Å². The van der Waals surface area contributed by atoms with Crippen LogP contribution in [-0.2, 0) is 4.74 Å². The van der Waals surface area contributed by atoms with Crippen molar-refractivity contribution in [2.24, 2.45) is 0 Å². The van der Waals surface area contributed by atoms with Gasteiger partial charge in [-0.1, -0.05) is 12.1 Å². The molecule has 0 fully saturated rings. The maximum Gasteiger partial charge on any atom is 0.343 e. The average molecular weight is 257 g/mol. The van der Waals surface area contributed by atoms with Gasteiger partial charge in [-0.15, -0.1) is 0 Å². The molecule has 1 aromatic carbocycles. The lowest BCUT2D eigenvalue weighted by atomic mass is 10.2. The lowest BCUT2D eigenvalue weighted by Crippen LogP contribution is -2.12.